The quantitative estimate of drug-likeness (QED) is 0.515. The molecule has 5 atom stereocenters. The maximum atomic E-state index is 13.5. The second-order valence-electron chi connectivity index (χ2n) is 11.3. The molecular formula is C29H34O10. The Bertz CT molecular complexity index is 1420. The van der Waals surface area contributed by atoms with Crippen LogP contribution in [0.3, 0.4) is 0 Å². The van der Waals surface area contributed by atoms with Gasteiger partial charge in [-0.05, 0) is 44.9 Å². The molecule has 0 unspecified atom stereocenters. The molecule has 2 aliphatic carbocycles. The number of benzene rings is 1. The second-order valence-corrected chi connectivity index (χ2v) is 11.3. The molecule has 5 rings (SSSR count). The zero-order chi connectivity index (χ0) is 28.6. The number of rotatable bonds is 5. The summed E-state index contributed by atoms with van der Waals surface area (Å²) >= 11 is 0. The van der Waals surface area contributed by atoms with Gasteiger partial charge in [0.05, 0.1) is 44.5 Å². The van der Waals surface area contributed by atoms with Crippen LogP contribution in [-0.4, -0.2) is 65.8 Å². The fourth-order valence-electron chi connectivity index (χ4n) is 6.87. The van der Waals surface area contributed by atoms with E-state index in [1.807, 2.05) is 0 Å². The molecule has 3 aliphatic rings. The van der Waals surface area contributed by atoms with Crippen molar-refractivity contribution in [1.29, 1.82) is 0 Å². The van der Waals surface area contributed by atoms with Gasteiger partial charge in [0.1, 0.15) is 22.7 Å². The zero-order valence-electron chi connectivity index (χ0n) is 22.9. The Kier molecular flexibility index (Phi) is 5.99. The summed E-state index contributed by atoms with van der Waals surface area (Å²) in [7, 11) is 4.43. The van der Waals surface area contributed by atoms with E-state index in [9.17, 15) is 24.9 Å². The van der Waals surface area contributed by atoms with Gasteiger partial charge in [0.25, 0.3) is 0 Å². The SMILES string of the molecule is COc1cc(-c2cc3c(c(=O)o2)C[C@]2(O)[C@@]4(C)C(=O)C=C[C@](C)(CO)[C@]4(O)CC[C@@]2(C)O3)cc(OC)c1OC. The Balaban J connectivity index is 1.66. The normalized spacial score (nSPS) is 34.8. The maximum Gasteiger partial charge on any atom is 0.343 e. The number of allylic oxidation sites excluding steroid dienone is 1. The third-order valence-corrected chi connectivity index (χ3v) is 9.59. The molecule has 1 aliphatic heterocycles. The highest BCUT2D eigenvalue weighted by Gasteiger charge is 2.78. The largest absolute Gasteiger partial charge is 0.493 e. The number of hydrogen-bond acceptors (Lipinski definition) is 10. The zero-order valence-corrected chi connectivity index (χ0v) is 22.9. The summed E-state index contributed by atoms with van der Waals surface area (Å²) in [6, 6.07) is 4.83. The van der Waals surface area contributed by atoms with Crippen LogP contribution in [0.4, 0.5) is 0 Å². The second kappa shape index (κ2) is 8.58. The predicted molar refractivity (Wildman–Crippen MR) is 139 cm³/mol. The standard InChI is InChI=1S/C29H34O10/c1-25(15-30)8-7-22(31)27(3)28(25,33)10-9-26(2)29(27,34)14-17-19(39-26)13-18(38-24(17)32)16-11-20(35-4)23(37-6)21(12-16)36-5/h7-8,11-13,30,33-34H,9-10,14-15H2,1-6H3/t25-,26-,27+,28-,29-/m1/s1. The molecule has 1 saturated carbocycles. The number of hydrogen-bond donors (Lipinski definition) is 3. The molecule has 2 aromatic rings. The summed E-state index contributed by atoms with van der Waals surface area (Å²) in [6.07, 6.45) is 2.73. The van der Waals surface area contributed by atoms with Crippen LogP contribution in [0, 0.1) is 10.8 Å². The first-order valence-electron chi connectivity index (χ1n) is 12.7. The van der Waals surface area contributed by atoms with Crippen molar-refractivity contribution < 1.29 is 43.5 Å². The first-order valence-corrected chi connectivity index (χ1v) is 12.7. The Hall–Kier alpha value is -3.34. The predicted octanol–water partition coefficient (Wildman–Crippen LogP) is 2.43. The van der Waals surface area contributed by atoms with Crippen molar-refractivity contribution in [3.63, 3.8) is 0 Å². The summed E-state index contributed by atoms with van der Waals surface area (Å²) in [4.78, 5) is 26.9. The van der Waals surface area contributed by atoms with Crippen molar-refractivity contribution in [2.24, 2.45) is 10.8 Å². The number of methoxy groups -OCH3 is 3. The number of aliphatic hydroxyl groups excluding tert-OH is 1. The molecule has 10 heteroatoms. The lowest BCUT2D eigenvalue weighted by Crippen LogP contribution is -2.82. The van der Waals surface area contributed by atoms with Gasteiger partial charge in [-0.15, -0.1) is 0 Å². The number of ether oxygens (including phenoxy) is 4. The lowest BCUT2D eigenvalue weighted by Gasteiger charge is -2.68. The highest BCUT2D eigenvalue weighted by molar-refractivity contribution is 5.98. The van der Waals surface area contributed by atoms with Crippen molar-refractivity contribution >= 4 is 5.78 Å². The van der Waals surface area contributed by atoms with Crippen molar-refractivity contribution in [2.45, 2.75) is 56.8 Å². The van der Waals surface area contributed by atoms with E-state index in [0.717, 1.165) is 0 Å². The molecule has 1 aromatic carbocycles. The summed E-state index contributed by atoms with van der Waals surface area (Å²) in [5, 5.41) is 34.6. The highest BCUT2D eigenvalue weighted by Crippen LogP contribution is 2.65. The lowest BCUT2D eigenvalue weighted by molar-refractivity contribution is -0.301. The molecule has 210 valence electrons. The summed E-state index contributed by atoms with van der Waals surface area (Å²) < 4.78 is 28.3. The Morgan fingerprint density at radius 1 is 0.923 bits per heavy atom. The monoisotopic (exact) mass is 542 g/mol. The minimum atomic E-state index is -2.00. The van der Waals surface area contributed by atoms with Crippen LogP contribution in [0.15, 0.2) is 39.6 Å². The Morgan fingerprint density at radius 3 is 2.13 bits per heavy atom. The van der Waals surface area contributed by atoms with E-state index in [1.165, 1.54) is 40.4 Å². The molecule has 0 radical (unpaired) electrons. The molecule has 1 aromatic heterocycles. The van der Waals surface area contributed by atoms with Gasteiger partial charge < -0.3 is 38.7 Å². The van der Waals surface area contributed by atoms with Gasteiger partial charge in [-0.3, -0.25) is 4.79 Å². The number of carbonyl (C=O) groups excluding carboxylic acids is 1. The van der Waals surface area contributed by atoms with Gasteiger partial charge in [-0.25, -0.2) is 4.79 Å². The summed E-state index contributed by atoms with van der Waals surface area (Å²) in [5.74, 6) is 0.987. The first kappa shape index (κ1) is 27.2. The van der Waals surface area contributed by atoms with Gasteiger partial charge in [-0.1, -0.05) is 13.0 Å². The van der Waals surface area contributed by atoms with Crippen LogP contribution >= 0.6 is 0 Å². The van der Waals surface area contributed by atoms with E-state index in [2.05, 4.69) is 0 Å². The molecule has 10 nitrogen and oxygen atoms in total. The van der Waals surface area contributed by atoms with Crippen molar-refractivity contribution in [3.8, 4) is 34.3 Å². The molecule has 39 heavy (non-hydrogen) atoms. The summed E-state index contributed by atoms with van der Waals surface area (Å²) in [5.41, 5.74) is -8.38. The average molecular weight is 543 g/mol. The highest BCUT2D eigenvalue weighted by atomic mass is 16.5. The number of carbonyl (C=O) groups is 1. The fourth-order valence-corrected chi connectivity index (χ4v) is 6.87. The molecule has 0 spiro atoms. The van der Waals surface area contributed by atoms with E-state index in [0.29, 0.717) is 22.8 Å². The number of aliphatic hydroxyl groups is 3. The maximum absolute atomic E-state index is 13.5. The van der Waals surface area contributed by atoms with Crippen molar-refractivity contribution in [2.75, 3.05) is 27.9 Å². The topological polar surface area (TPSA) is 145 Å². The first-order chi connectivity index (χ1) is 18.3. The minimum absolute atomic E-state index is 0.0460. The average Bonchev–Trinajstić information content (AvgIpc) is 2.92. The van der Waals surface area contributed by atoms with Gasteiger partial charge >= 0.3 is 5.63 Å². The lowest BCUT2D eigenvalue weighted by atomic mass is 9.41. The molecule has 2 heterocycles. The third-order valence-electron chi connectivity index (χ3n) is 9.59. The van der Waals surface area contributed by atoms with E-state index in [4.69, 9.17) is 23.4 Å². The molecule has 0 bridgehead atoms. The minimum Gasteiger partial charge on any atom is -0.493 e. The van der Waals surface area contributed by atoms with Gasteiger partial charge in [0.15, 0.2) is 17.3 Å². The number of ketones is 1. The van der Waals surface area contributed by atoms with Crippen LogP contribution in [0.5, 0.6) is 23.0 Å². The van der Waals surface area contributed by atoms with Crippen molar-refractivity contribution in [3.05, 3.63) is 46.3 Å². The molecule has 0 saturated heterocycles. The Morgan fingerprint density at radius 2 is 1.56 bits per heavy atom. The molecule has 3 N–H and O–H groups in total. The van der Waals surface area contributed by atoms with Gasteiger partial charge in [0, 0.05) is 23.5 Å². The van der Waals surface area contributed by atoms with Crippen LogP contribution in [-0.2, 0) is 11.2 Å². The van der Waals surface area contributed by atoms with Gasteiger partial charge in [-0.2, -0.15) is 0 Å². The number of fused-ring (bicyclic) bond motifs is 4. The molecule has 1 fully saturated rings. The van der Waals surface area contributed by atoms with E-state index in [1.54, 1.807) is 32.0 Å². The van der Waals surface area contributed by atoms with E-state index < -0.39 is 45.6 Å². The molecular weight excluding hydrogens is 508 g/mol. The fraction of sp³-hybridized carbons (Fsp3) is 0.517. The molecule has 0 amide bonds. The third kappa shape index (κ3) is 3.25. The smallest absolute Gasteiger partial charge is 0.343 e. The van der Waals surface area contributed by atoms with Crippen LogP contribution in [0.25, 0.3) is 11.3 Å². The Labute approximate surface area is 225 Å². The van der Waals surface area contributed by atoms with Crippen LogP contribution in [0.2, 0.25) is 0 Å². The van der Waals surface area contributed by atoms with E-state index >= 15 is 0 Å². The van der Waals surface area contributed by atoms with E-state index in [-0.39, 0.29) is 36.3 Å². The van der Waals surface area contributed by atoms with Crippen LogP contribution < -0.4 is 24.6 Å². The van der Waals surface area contributed by atoms with Crippen LogP contribution in [0.1, 0.15) is 39.2 Å². The van der Waals surface area contributed by atoms with Gasteiger partial charge in [0.2, 0.25) is 5.75 Å². The summed E-state index contributed by atoms with van der Waals surface area (Å²) in [6.45, 7) is 4.38. The van der Waals surface area contributed by atoms with Crippen molar-refractivity contribution in [1.82, 2.24) is 0 Å².